The average molecular weight is 875 g/mol. The van der Waals surface area contributed by atoms with Gasteiger partial charge in [0.1, 0.15) is 22.3 Å². The first-order valence-corrected chi connectivity index (χ1v) is 23.9. The molecular weight excluding hydrogens is 837 g/mol. The topological polar surface area (TPSA) is 26.3 Å². The highest BCUT2D eigenvalue weighted by Gasteiger charge is 2.51. The van der Waals surface area contributed by atoms with E-state index < -0.39 is 5.41 Å². The summed E-state index contributed by atoms with van der Waals surface area (Å²) in [5.41, 5.74) is 20.6. The first-order valence-electron chi connectivity index (χ1n) is 23.9. The van der Waals surface area contributed by atoms with E-state index in [1.54, 1.807) is 0 Å². The van der Waals surface area contributed by atoms with E-state index in [1.165, 1.54) is 93.5 Å². The molecule has 2 aliphatic rings. The summed E-state index contributed by atoms with van der Waals surface area (Å²) in [6, 6.07) is 85.5. The maximum atomic E-state index is 6.59. The Bertz CT molecular complexity index is 4460. The van der Waals surface area contributed by atoms with E-state index in [4.69, 9.17) is 8.83 Å². The molecule has 2 aromatic heterocycles. The fourth-order valence-corrected chi connectivity index (χ4v) is 12.7. The molecule has 0 saturated carbocycles. The van der Waals surface area contributed by atoms with Crippen molar-refractivity contribution in [2.45, 2.75) is 5.41 Å². The summed E-state index contributed by atoms with van der Waals surface area (Å²) < 4.78 is 13.0. The van der Waals surface area contributed by atoms with Crippen LogP contribution in [0.2, 0.25) is 0 Å². The van der Waals surface area contributed by atoms with E-state index in [9.17, 15) is 0 Å². The summed E-state index contributed by atoms with van der Waals surface area (Å²) in [4.78, 5) is 0. The molecule has 14 aromatic rings. The number of rotatable bonds is 3. The molecule has 0 bridgehead atoms. The minimum absolute atomic E-state index is 0.434. The molecule has 0 aliphatic heterocycles. The number of furan rings is 2. The van der Waals surface area contributed by atoms with Gasteiger partial charge >= 0.3 is 0 Å². The Morgan fingerprint density at radius 3 is 1.16 bits per heavy atom. The Morgan fingerprint density at radius 1 is 0.203 bits per heavy atom. The number of fused-ring (bicyclic) bond motifs is 22. The lowest BCUT2D eigenvalue weighted by molar-refractivity contribution is 0.664. The molecule has 1 spiro atoms. The second-order valence-corrected chi connectivity index (χ2v) is 19.1. The van der Waals surface area contributed by atoms with Crippen LogP contribution in [0.3, 0.4) is 0 Å². The summed E-state index contributed by atoms with van der Waals surface area (Å²) in [6.45, 7) is 0. The Kier molecular flexibility index (Phi) is 7.30. The minimum Gasteiger partial charge on any atom is -0.456 e. The Balaban J connectivity index is 0.939. The minimum atomic E-state index is -0.434. The van der Waals surface area contributed by atoms with Crippen LogP contribution in [0.25, 0.3) is 132 Å². The third kappa shape index (κ3) is 4.99. The van der Waals surface area contributed by atoms with Crippen molar-refractivity contribution in [3.05, 3.63) is 253 Å². The maximum absolute atomic E-state index is 6.59. The van der Waals surface area contributed by atoms with Crippen LogP contribution in [0.5, 0.6) is 0 Å². The monoisotopic (exact) mass is 874 g/mol. The molecule has 69 heavy (non-hydrogen) atoms. The standard InChI is InChI=1S/C67H38O2/c1-2-15-47-45(13-1)46-14-3-4-16-48(46)55-34-39(25-28-49(47)55)42-31-43(40-27-30-64-56(35-40)58-38-65-57(37-66(58)69-64)54-20-8-12-24-63(54)68-65)33-44(32-42)41-26-29-53-52-19-7-11-23-61(52)67(62(53)36-41)59-21-9-5-17-50(59)51-18-6-10-22-60(51)67/h1-38H. The van der Waals surface area contributed by atoms with Gasteiger partial charge in [-0.1, -0.05) is 170 Å². The predicted molar refractivity (Wildman–Crippen MR) is 286 cm³/mol. The molecular formula is C67H38O2. The zero-order valence-corrected chi connectivity index (χ0v) is 37.3. The van der Waals surface area contributed by atoms with Crippen LogP contribution >= 0.6 is 0 Å². The van der Waals surface area contributed by atoms with Gasteiger partial charge in [-0.2, -0.15) is 0 Å². The number of hydrogen-bond donors (Lipinski definition) is 0. The third-order valence-corrected chi connectivity index (χ3v) is 15.6. The molecule has 2 heterocycles. The van der Waals surface area contributed by atoms with Crippen LogP contribution in [-0.4, -0.2) is 0 Å². The van der Waals surface area contributed by atoms with E-state index in [0.717, 1.165) is 60.6 Å². The lowest BCUT2D eigenvalue weighted by atomic mass is 9.70. The fourth-order valence-electron chi connectivity index (χ4n) is 12.7. The Morgan fingerprint density at radius 2 is 0.580 bits per heavy atom. The van der Waals surface area contributed by atoms with Crippen molar-refractivity contribution < 1.29 is 8.83 Å². The molecule has 0 radical (unpaired) electrons. The van der Waals surface area contributed by atoms with Gasteiger partial charge in [0.05, 0.1) is 5.41 Å². The predicted octanol–water partition coefficient (Wildman–Crippen LogP) is 18.3. The lowest BCUT2D eigenvalue weighted by Gasteiger charge is -2.30. The molecule has 0 saturated heterocycles. The molecule has 0 unspecified atom stereocenters. The Labute approximate surface area is 396 Å². The van der Waals surface area contributed by atoms with Gasteiger partial charge in [0.15, 0.2) is 0 Å². The second-order valence-electron chi connectivity index (χ2n) is 19.1. The highest BCUT2D eigenvalue weighted by atomic mass is 16.3. The van der Waals surface area contributed by atoms with Crippen LogP contribution in [0, 0.1) is 0 Å². The molecule has 318 valence electrons. The van der Waals surface area contributed by atoms with Gasteiger partial charge in [-0.15, -0.1) is 0 Å². The van der Waals surface area contributed by atoms with Crippen LogP contribution in [-0.2, 0) is 5.41 Å². The molecule has 12 aromatic carbocycles. The Hall–Kier alpha value is -8.98. The van der Waals surface area contributed by atoms with Gasteiger partial charge in [0.25, 0.3) is 0 Å². The van der Waals surface area contributed by atoms with Gasteiger partial charge in [-0.3, -0.25) is 0 Å². The van der Waals surface area contributed by atoms with Crippen molar-refractivity contribution in [2.75, 3.05) is 0 Å². The van der Waals surface area contributed by atoms with Crippen molar-refractivity contribution in [2.24, 2.45) is 0 Å². The fraction of sp³-hybridized carbons (Fsp3) is 0.0149. The highest BCUT2D eigenvalue weighted by molar-refractivity contribution is 6.26. The first kappa shape index (κ1) is 37.1. The molecule has 2 nitrogen and oxygen atoms in total. The number of para-hydroxylation sites is 1. The van der Waals surface area contributed by atoms with Gasteiger partial charge in [0.2, 0.25) is 0 Å². The molecule has 2 aliphatic carbocycles. The van der Waals surface area contributed by atoms with Crippen molar-refractivity contribution in [3.63, 3.8) is 0 Å². The van der Waals surface area contributed by atoms with Gasteiger partial charge in [-0.05, 0) is 171 Å². The molecule has 0 atom stereocenters. The van der Waals surface area contributed by atoms with E-state index in [0.29, 0.717) is 0 Å². The quantitative estimate of drug-likeness (QED) is 0.165. The molecule has 16 rings (SSSR count). The SMILES string of the molecule is c1ccc2c(c1)-c1ccccc1C21c2ccccc2-c2ccc(-c3cc(-c4ccc5oc6cc7c(cc6c5c4)oc4ccccc47)cc(-c4ccc5c6ccccc6c6ccccc6c5c4)c3)cc21. The number of hydrogen-bond acceptors (Lipinski definition) is 2. The van der Waals surface area contributed by atoms with Crippen molar-refractivity contribution in [1.29, 1.82) is 0 Å². The van der Waals surface area contributed by atoms with Gasteiger partial charge in [-0.25, -0.2) is 0 Å². The van der Waals surface area contributed by atoms with Crippen LogP contribution in [0.4, 0.5) is 0 Å². The lowest BCUT2D eigenvalue weighted by Crippen LogP contribution is -2.25. The molecule has 0 fully saturated rings. The summed E-state index contributed by atoms with van der Waals surface area (Å²) >= 11 is 0. The van der Waals surface area contributed by atoms with Gasteiger partial charge in [0, 0.05) is 21.5 Å². The van der Waals surface area contributed by atoms with E-state index in [2.05, 4.69) is 218 Å². The summed E-state index contributed by atoms with van der Waals surface area (Å²) in [6.07, 6.45) is 0. The van der Waals surface area contributed by atoms with Crippen LogP contribution in [0.15, 0.2) is 239 Å². The van der Waals surface area contributed by atoms with Gasteiger partial charge < -0.3 is 8.83 Å². The summed E-state index contributed by atoms with van der Waals surface area (Å²) in [5.74, 6) is 0. The summed E-state index contributed by atoms with van der Waals surface area (Å²) in [5, 5.41) is 11.9. The number of benzene rings is 12. The van der Waals surface area contributed by atoms with E-state index in [1.807, 2.05) is 12.1 Å². The zero-order chi connectivity index (χ0) is 45.0. The molecule has 0 N–H and O–H groups in total. The zero-order valence-electron chi connectivity index (χ0n) is 37.3. The van der Waals surface area contributed by atoms with E-state index >= 15 is 0 Å². The average Bonchev–Trinajstić information content (AvgIpc) is 4.15. The maximum Gasteiger partial charge on any atom is 0.136 e. The van der Waals surface area contributed by atoms with Crippen LogP contribution in [0.1, 0.15) is 22.3 Å². The van der Waals surface area contributed by atoms with Crippen molar-refractivity contribution in [3.8, 4) is 55.6 Å². The first-order chi connectivity index (χ1) is 34.2. The highest BCUT2D eigenvalue weighted by Crippen LogP contribution is 2.63. The molecule has 2 heteroatoms. The normalized spacial score (nSPS) is 13.3. The largest absolute Gasteiger partial charge is 0.456 e. The van der Waals surface area contributed by atoms with E-state index in [-0.39, 0.29) is 0 Å². The van der Waals surface area contributed by atoms with Crippen molar-refractivity contribution >= 4 is 76.2 Å². The second kappa shape index (κ2) is 13.6. The molecule has 0 amide bonds. The van der Waals surface area contributed by atoms with Crippen molar-refractivity contribution in [1.82, 2.24) is 0 Å². The smallest absolute Gasteiger partial charge is 0.136 e. The third-order valence-electron chi connectivity index (χ3n) is 15.6. The van der Waals surface area contributed by atoms with Crippen LogP contribution < -0.4 is 0 Å². The summed E-state index contributed by atoms with van der Waals surface area (Å²) in [7, 11) is 0.